The molecule has 0 aliphatic heterocycles. The fourth-order valence-corrected chi connectivity index (χ4v) is 3.57. The number of nitrogen functional groups attached to an aromatic ring is 1. The lowest BCUT2D eigenvalue weighted by Crippen LogP contribution is -2.19. The second kappa shape index (κ2) is 10.0. The summed E-state index contributed by atoms with van der Waals surface area (Å²) in [6.07, 6.45) is 9.09. The normalized spacial score (nSPS) is 10.6. The van der Waals surface area contributed by atoms with Gasteiger partial charge in [-0.25, -0.2) is 19.9 Å². The molecule has 11 heteroatoms. The second-order valence-electron chi connectivity index (χ2n) is 7.55. The SMILES string of the molecule is Nc1ncc(-c2ccnc(NC(=S)Nc3ccc(Cc4nc(-c5ccncc5)n[nH]4)cc3)c2)cn1. The van der Waals surface area contributed by atoms with Crippen LogP contribution in [0.1, 0.15) is 11.4 Å². The molecule has 0 saturated carbocycles. The van der Waals surface area contributed by atoms with E-state index in [-0.39, 0.29) is 5.95 Å². The summed E-state index contributed by atoms with van der Waals surface area (Å²) in [5.74, 6) is 2.27. The van der Waals surface area contributed by atoms with Crippen LogP contribution in [0.15, 0.2) is 79.5 Å². The number of nitrogens with two attached hydrogens (primary N) is 1. The average Bonchev–Trinajstić information content (AvgIpc) is 3.35. The van der Waals surface area contributed by atoms with Gasteiger partial charge in [-0.2, -0.15) is 5.10 Å². The zero-order valence-electron chi connectivity index (χ0n) is 18.4. The maximum atomic E-state index is 5.56. The molecule has 1 aromatic carbocycles. The van der Waals surface area contributed by atoms with Crippen molar-refractivity contribution in [2.75, 3.05) is 16.4 Å². The van der Waals surface area contributed by atoms with Crippen LogP contribution in [0, 0.1) is 0 Å². The fourth-order valence-electron chi connectivity index (χ4n) is 3.35. The first kappa shape index (κ1) is 22.0. The van der Waals surface area contributed by atoms with E-state index in [1.165, 1.54) is 0 Å². The van der Waals surface area contributed by atoms with Gasteiger partial charge in [-0.15, -0.1) is 0 Å². The smallest absolute Gasteiger partial charge is 0.219 e. The van der Waals surface area contributed by atoms with Crippen molar-refractivity contribution in [3.05, 3.63) is 90.9 Å². The van der Waals surface area contributed by atoms with E-state index in [9.17, 15) is 0 Å². The van der Waals surface area contributed by atoms with Crippen molar-refractivity contribution < 1.29 is 0 Å². The molecule has 0 aliphatic carbocycles. The van der Waals surface area contributed by atoms with Crippen molar-refractivity contribution >= 4 is 34.8 Å². The number of nitrogens with one attached hydrogen (secondary N) is 3. The number of nitrogens with zero attached hydrogens (tertiary/aromatic N) is 6. The number of H-pyrrole nitrogens is 1. The van der Waals surface area contributed by atoms with Crippen LogP contribution in [-0.4, -0.2) is 40.2 Å². The van der Waals surface area contributed by atoms with Gasteiger partial charge in [-0.05, 0) is 59.7 Å². The molecule has 0 bridgehead atoms. The molecule has 0 radical (unpaired) electrons. The van der Waals surface area contributed by atoms with Crippen LogP contribution in [0.4, 0.5) is 17.5 Å². The van der Waals surface area contributed by atoms with Crippen LogP contribution in [0.3, 0.4) is 0 Å². The molecule has 0 spiro atoms. The summed E-state index contributed by atoms with van der Waals surface area (Å²) in [5, 5.41) is 14.0. The Hall–Kier alpha value is -4.77. The van der Waals surface area contributed by atoms with E-state index in [1.807, 2.05) is 48.5 Å². The third kappa shape index (κ3) is 5.60. The lowest BCUT2D eigenvalue weighted by molar-refractivity contribution is 0.973. The summed E-state index contributed by atoms with van der Waals surface area (Å²) < 4.78 is 0. The first-order valence-electron chi connectivity index (χ1n) is 10.6. The van der Waals surface area contributed by atoms with Gasteiger partial charge >= 0.3 is 0 Å². The van der Waals surface area contributed by atoms with Gasteiger partial charge in [-0.3, -0.25) is 10.1 Å². The Bertz CT molecular complexity index is 1430. The molecule has 5 rings (SSSR count). The zero-order valence-corrected chi connectivity index (χ0v) is 19.2. The molecule has 0 aliphatic rings. The number of thiocarbonyl (C=S) groups is 1. The Morgan fingerprint density at radius 2 is 1.60 bits per heavy atom. The van der Waals surface area contributed by atoms with Crippen molar-refractivity contribution in [1.29, 1.82) is 0 Å². The van der Waals surface area contributed by atoms with Gasteiger partial charge in [0.1, 0.15) is 11.6 Å². The van der Waals surface area contributed by atoms with E-state index in [1.54, 1.807) is 31.0 Å². The standard InChI is InChI=1S/C24H20N10S/c25-23-28-13-18(14-29-23)17-7-10-27-20(12-17)32-24(35)30-19-3-1-15(2-4-19)11-21-31-22(34-33-21)16-5-8-26-9-6-16/h1-10,12-14H,11H2,(H2,25,28,29)(H,31,33,34)(H2,27,30,32,35). The fraction of sp³-hybridized carbons (Fsp3) is 0.0417. The summed E-state index contributed by atoms with van der Waals surface area (Å²) in [4.78, 5) is 21.0. The predicted octanol–water partition coefficient (Wildman–Crippen LogP) is 3.70. The van der Waals surface area contributed by atoms with Crippen LogP contribution in [0.25, 0.3) is 22.5 Å². The molecular formula is C24H20N10S. The van der Waals surface area contributed by atoms with Gasteiger partial charge in [0.15, 0.2) is 10.9 Å². The zero-order chi connectivity index (χ0) is 24.0. The first-order valence-corrected chi connectivity index (χ1v) is 11.1. The maximum absolute atomic E-state index is 5.56. The lowest BCUT2D eigenvalue weighted by Gasteiger charge is -2.11. The monoisotopic (exact) mass is 480 g/mol. The van der Waals surface area contributed by atoms with Gasteiger partial charge in [-0.1, -0.05) is 12.1 Å². The number of benzene rings is 1. The van der Waals surface area contributed by atoms with E-state index in [0.717, 1.165) is 33.8 Å². The molecule has 0 saturated heterocycles. The molecule has 5 N–H and O–H groups in total. The third-order valence-electron chi connectivity index (χ3n) is 5.06. The maximum Gasteiger partial charge on any atom is 0.219 e. The van der Waals surface area contributed by atoms with Crippen LogP contribution in [0.2, 0.25) is 0 Å². The molecule has 0 amide bonds. The molecule has 0 unspecified atom stereocenters. The predicted molar refractivity (Wildman–Crippen MR) is 138 cm³/mol. The van der Waals surface area contributed by atoms with Crippen molar-refractivity contribution in [3.63, 3.8) is 0 Å². The quantitative estimate of drug-likeness (QED) is 0.266. The molecule has 5 aromatic rings. The van der Waals surface area contributed by atoms with E-state index in [2.05, 4.69) is 45.8 Å². The Morgan fingerprint density at radius 3 is 2.37 bits per heavy atom. The summed E-state index contributed by atoms with van der Waals surface area (Å²) in [7, 11) is 0. The number of aromatic nitrogens is 7. The number of rotatable bonds is 6. The lowest BCUT2D eigenvalue weighted by atomic mass is 10.1. The third-order valence-corrected chi connectivity index (χ3v) is 5.26. The number of hydrogen-bond donors (Lipinski definition) is 4. The largest absolute Gasteiger partial charge is 0.368 e. The molecule has 35 heavy (non-hydrogen) atoms. The molecule has 0 fully saturated rings. The molecule has 4 heterocycles. The second-order valence-corrected chi connectivity index (χ2v) is 7.96. The van der Waals surface area contributed by atoms with Crippen LogP contribution in [0.5, 0.6) is 0 Å². The van der Waals surface area contributed by atoms with Crippen molar-refractivity contribution in [1.82, 2.24) is 35.1 Å². The summed E-state index contributed by atoms with van der Waals surface area (Å²) >= 11 is 5.45. The molecular weight excluding hydrogens is 460 g/mol. The Morgan fingerprint density at radius 1 is 0.857 bits per heavy atom. The topological polar surface area (TPSA) is 143 Å². The highest BCUT2D eigenvalue weighted by molar-refractivity contribution is 7.80. The molecule has 0 atom stereocenters. The molecule has 172 valence electrons. The summed E-state index contributed by atoms with van der Waals surface area (Å²) in [6.45, 7) is 0. The Kier molecular flexibility index (Phi) is 6.31. The van der Waals surface area contributed by atoms with Crippen molar-refractivity contribution in [2.24, 2.45) is 0 Å². The van der Waals surface area contributed by atoms with Crippen molar-refractivity contribution in [3.8, 4) is 22.5 Å². The van der Waals surface area contributed by atoms with Crippen LogP contribution < -0.4 is 16.4 Å². The van der Waals surface area contributed by atoms with E-state index in [4.69, 9.17) is 18.0 Å². The number of hydrogen-bond acceptors (Lipinski definition) is 8. The van der Waals surface area contributed by atoms with Gasteiger partial charge in [0, 0.05) is 54.2 Å². The summed E-state index contributed by atoms with van der Waals surface area (Å²) in [5.41, 5.74) is 10.2. The van der Waals surface area contributed by atoms with Gasteiger partial charge in [0.2, 0.25) is 5.95 Å². The molecule has 10 nitrogen and oxygen atoms in total. The Labute approximate surface area is 206 Å². The summed E-state index contributed by atoms with van der Waals surface area (Å²) in [6, 6.07) is 15.4. The number of anilines is 3. The van der Waals surface area contributed by atoms with Gasteiger partial charge in [0.25, 0.3) is 0 Å². The Balaban J connectivity index is 1.19. The average molecular weight is 481 g/mol. The highest BCUT2D eigenvalue weighted by Gasteiger charge is 2.08. The minimum absolute atomic E-state index is 0.230. The van der Waals surface area contributed by atoms with Crippen LogP contribution >= 0.6 is 12.2 Å². The van der Waals surface area contributed by atoms with Gasteiger partial charge in [0.05, 0.1) is 0 Å². The number of aromatic amines is 1. The minimum atomic E-state index is 0.230. The van der Waals surface area contributed by atoms with E-state index >= 15 is 0 Å². The van der Waals surface area contributed by atoms with Crippen molar-refractivity contribution in [2.45, 2.75) is 6.42 Å². The first-order chi connectivity index (χ1) is 17.1. The highest BCUT2D eigenvalue weighted by atomic mass is 32.1. The minimum Gasteiger partial charge on any atom is -0.368 e. The van der Waals surface area contributed by atoms with E-state index < -0.39 is 0 Å². The number of pyridine rings is 2. The molecule has 4 aromatic heterocycles. The van der Waals surface area contributed by atoms with Crippen LogP contribution in [-0.2, 0) is 6.42 Å². The van der Waals surface area contributed by atoms with E-state index in [0.29, 0.717) is 23.2 Å². The van der Waals surface area contributed by atoms with Gasteiger partial charge < -0.3 is 16.4 Å². The highest BCUT2D eigenvalue weighted by Crippen LogP contribution is 2.20.